The van der Waals surface area contributed by atoms with Gasteiger partial charge in [-0.25, -0.2) is 0 Å². The Bertz CT molecular complexity index is 401. The molecule has 0 amide bonds. The maximum atomic E-state index is 5.79. The van der Waals surface area contributed by atoms with Gasteiger partial charge in [-0.15, -0.1) is 0 Å². The summed E-state index contributed by atoms with van der Waals surface area (Å²) in [4.78, 5) is 10.8. The molecule has 0 radical (unpaired) electrons. The molecular weight excluding hydrogens is 238 g/mol. The molecule has 5 heteroatoms. The first-order chi connectivity index (χ1) is 9.19. The van der Waals surface area contributed by atoms with Crippen molar-refractivity contribution in [2.75, 3.05) is 36.1 Å². The Morgan fingerprint density at radius 3 is 2.79 bits per heavy atom. The molecule has 0 atom stereocenters. The summed E-state index contributed by atoms with van der Waals surface area (Å²) in [6.07, 6.45) is 6.48. The third kappa shape index (κ3) is 3.98. The monoisotopic (exact) mass is 263 g/mol. The van der Waals surface area contributed by atoms with E-state index in [4.69, 9.17) is 5.73 Å². The van der Waals surface area contributed by atoms with Gasteiger partial charge in [-0.3, -0.25) is 0 Å². The highest BCUT2D eigenvalue weighted by Crippen LogP contribution is 2.27. The molecule has 1 fully saturated rings. The van der Waals surface area contributed by atoms with Gasteiger partial charge in [-0.1, -0.05) is 19.8 Å². The molecule has 0 bridgehead atoms. The minimum atomic E-state index is 0.342. The zero-order valence-electron chi connectivity index (χ0n) is 12.0. The highest BCUT2D eigenvalue weighted by molar-refractivity contribution is 5.52. The number of nitrogens with one attached hydrogen (secondary N) is 1. The fraction of sp³-hybridized carbons (Fsp3) is 0.714. The van der Waals surface area contributed by atoms with E-state index in [-0.39, 0.29) is 0 Å². The Hall–Kier alpha value is -1.52. The third-order valence-electron chi connectivity index (χ3n) is 3.68. The summed E-state index contributed by atoms with van der Waals surface area (Å²) in [5.74, 6) is 2.88. The van der Waals surface area contributed by atoms with Crippen molar-refractivity contribution in [2.24, 2.45) is 5.92 Å². The maximum absolute atomic E-state index is 5.79. The van der Waals surface area contributed by atoms with Crippen LogP contribution in [0.5, 0.6) is 0 Å². The van der Waals surface area contributed by atoms with Crippen LogP contribution in [0, 0.1) is 5.92 Å². The van der Waals surface area contributed by atoms with Crippen LogP contribution < -0.4 is 16.0 Å². The van der Waals surface area contributed by atoms with E-state index in [0.717, 1.165) is 37.1 Å². The van der Waals surface area contributed by atoms with Crippen LogP contribution in [0.1, 0.15) is 39.0 Å². The molecule has 1 aliphatic rings. The smallest absolute Gasteiger partial charge is 0.223 e. The second-order valence-corrected chi connectivity index (χ2v) is 5.43. The zero-order chi connectivity index (χ0) is 13.7. The zero-order valence-corrected chi connectivity index (χ0v) is 12.0. The van der Waals surface area contributed by atoms with Crippen molar-refractivity contribution in [3.05, 3.63) is 6.07 Å². The number of nitrogens with zero attached hydrogens (tertiary/aromatic N) is 3. The van der Waals surface area contributed by atoms with Crippen LogP contribution >= 0.6 is 0 Å². The Morgan fingerprint density at radius 2 is 2.11 bits per heavy atom. The Labute approximate surface area is 115 Å². The molecule has 3 N–H and O–H groups in total. The summed E-state index contributed by atoms with van der Waals surface area (Å²) in [5, 5.41) is 3.27. The molecule has 106 valence electrons. The molecule has 1 heterocycles. The second kappa shape index (κ2) is 6.59. The fourth-order valence-electron chi connectivity index (χ4n) is 2.67. The van der Waals surface area contributed by atoms with Gasteiger partial charge in [0.25, 0.3) is 0 Å². The molecule has 0 aromatic carbocycles. The summed E-state index contributed by atoms with van der Waals surface area (Å²) in [7, 11) is 2.09. The van der Waals surface area contributed by atoms with Crippen molar-refractivity contribution in [2.45, 2.75) is 39.0 Å². The molecule has 0 saturated heterocycles. The Balaban J connectivity index is 2.02. The largest absolute Gasteiger partial charge is 0.370 e. The van der Waals surface area contributed by atoms with E-state index in [1.54, 1.807) is 0 Å². The summed E-state index contributed by atoms with van der Waals surface area (Å²) < 4.78 is 0. The Morgan fingerprint density at radius 1 is 1.37 bits per heavy atom. The topological polar surface area (TPSA) is 67.1 Å². The van der Waals surface area contributed by atoms with Crippen LogP contribution in [-0.4, -0.2) is 30.1 Å². The van der Waals surface area contributed by atoms with Crippen molar-refractivity contribution in [1.82, 2.24) is 9.97 Å². The van der Waals surface area contributed by atoms with Crippen LogP contribution in [0.3, 0.4) is 0 Å². The van der Waals surface area contributed by atoms with E-state index in [1.807, 2.05) is 6.07 Å². The molecule has 0 spiro atoms. The van der Waals surface area contributed by atoms with Gasteiger partial charge in [0.05, 0.1) is 0 Å². The van der Waals surface area contributed by atoms with E-state index in [9.17, 15) is 0 Å². The SMILES string of the molecule is CCCNc1cc(N(C)CC2CCCC2)nc(N)n1. The van der Waals surface area contributed by atoms with Crippen molar-refractivity contribution < 1.29 is 0 Å². The first-order valence-electron chi connectivity index (χ1n) is 7.28. The molecule has 1 aromatic rings. The summed E-state index contributed by atoms with van der Waals surface area (Å²) in [5.41, 5.74) is 5.79. The van der Waals surface area contributed by atoms with Crippen LogP contribution in [0.15, 0.2) is 6.07 Å². The minimum absolute atomic E-state index is 0.342. The number of nitrogen functional groups attached to an aromatic ring is 1. The number of anilines is 3. The van der Waals surface area contributed by atoms with Crippen molar-refractivity contribution in [3.63, 3.8) is 0 Å². The van der Waals surface area contributed by atoms with Gasteiger partial charge in [-0.05, 0) is 25.2 Å². The lowest BCUT2D eigenvalue weighted by Crippen LogP contribution is -2.25. The van der Waals surface area contributed by atoms with Crippen molar-refractivity contribution in [1.29, 1.82) is 0 Å². The number of rotatable bonds is 6. The molecule has 19 heavy (non-hydrogen) atoms. The van der Waals surface area contributed by atoms with E-state index in [1.165, 1.54) is 25.7 Å². The molecule has 1 aromatic heterocycles. The van der Waals surface area contributed by atoms with Gasteiger partial charge in [0.15, 0.2) is 0 Å². The summed E-state index contributed by atoms with van der Waals surface area (Å²) >= 11 is 0. The lowest BCUT2D eigenvalue weighted by atomic mass is 10.1. The number of hydrogen-bond acceptors (Lipinski definition) is 5. The van der Waals surface area contributed by atoms with Crippen LogP contribution in [0.2, 0.25) is 0 Å². The third-order valence-corrected chi connectivity index (χ3v) is 3.68. The maximum Gasteiger partial charge on any atom is 0.223 e. The van der Waals surface area contributed by atoms with Crippen LogP contribution in [0.25, 0.3) is 0 Å². The first kappa shape index (κ1) is 13.9. The molecule has 1 saturated carbocycles. The average molecular weight is 263 g/mol. The normalized spacial score (nSPS) is 15.7. The standard InChI is InChI=1S/C14H25N5/c1-3-8-16-12-9-13(18-14(15)17-12)19(2)10-11-6-4-5-7-11/h9,11H,3-8,10H2,1-2H3,(H3,15,16,17,18). The lowest BCUT2D eigenvalue weighted by molar-refractivity contribution is 0.545. The summed E-state index contributed by atoms with van der Waals surface area (Å²) in [6.45, 7) is 4.09. The molecule has 0 unspecified atom stereocenters. The van der Waals surface area contributed by atoms with Gasteiger partial charge < -0.3 is 16.0 Å². The van der Waals surface area contributed by atoms with Gasteiger partial charge in [0.2, 0.25) is 5.95 Å². The molecular formula is C14H25N5. The number of hydrogen-bond donors (Lipinski definition) is 2. The van der Waals surface area contributed by atoms with E-state index in [2.05, 4.69) is 34.2 Å². The van der Waals surface area contributed by atoms with Crippen LogP contribution in [-0.2, 0) is 0 Å². The lowest BCUT2D eigenvalue weighted by Gasteiger charge is -2.22. The quantitative estimate of drug-likeness (QED) is 0.825. The minimum Gasteiger partial charge on any atom is -0.370 e. The van der Waals surface area contributed by atoms with Gasteiger partial charge in [-0.2, -0.15) is 9.97 Å². The predicted molar refractivity (Wildman–Crippen MR) is 80.5 cm³/mol. The molecule has 5 nitrogen and oxygen atoms in total. The van der Waals surface area contributed by atoms with E-state index >= 15 is 0 Å². The highest BCUT2D eigenvalue weighted by Gasteiger charge is 2.18. The number of nitrogens with two attached hydrogens (primary N) is 1. The summed E-state index contributed by atoms with van der Waals surface area (Å²) in [6, 6.07) is 1.99. The van der Waals surface area contributed by atoms with Gasteiger partial charge in [0, 0.05) is 26.2 Å². The number of aromatic nitrogens is 2. The fourth-order valence-corrected chi connectivity index (χ4v) is 2.67. The highest BCUT2D eigenvalue weighted by atomic mass is 15.2. The second-order valence-electron chi connectivity index (χ2n) is 5.43. The van der Waals surface area contributed by atoms with E-state index < -0.39 is 0 Å². The van der Waals surface area contributed by atoms with E-state index in [0.29, 0.717) is 5.95 Å². The van der Waals surface area contributed by atoms with Crippen molar-refractivity contribution in [3.8, 4) is 0 Å². The van der Waals surface area contributed by atoms with Gasteiger partial charge in [0.1, 0.15) is 11.6 Å². The molecule has 1 aliphatic carbocycles. The van der Waals surface area contributed by atoms with Crippen molar-refractivity contribution >= 4 is 17.6 Å². The molecule has 2 rings (SSSR count). The predicted octanol–water partition coefficient (Wildman–Crippen LogP) is 2.51. The Kier molecular flexibility index (Phi) is 4.82. The van der Waals surface area contributed by atoms with Crippen LogP contribution in [0.4, 0.5) is 17.6 Å². The van der Waals surface area contributed by atoms with Gasteiger partial charge >= 0.3 is 0 Å². The first-order valence-corrected chi connectivity index (χ1v) is 7.28. The molecule has 0 aliphatic heterocycles. The average Bonchev–Trinajstić information content (AvgIpc) is 2.88.